The highest BCUT2D eigenvalue weighted by Gasteiger charge is 2.36. The number of hydrogen-bond acceptors (Lipinski definition) is 4. The van der Waals surface area contributed by atoms with Crippen LogP contribution in [-0.2, 0) is 0 Å². The van der Waals surface area contributed by atoms with Crippen LogP contribution in [0.4, 0.5) is 0 Å². The lowest BCUT2D eigenvalue weighted by Crippen LogP contribution is -2.46. The van der Waals surface area contributed by atoms with Crippen molar-refractivity contribution in [3.63, 3.8) is 0 Å². The van der Waals surface area contributed by atoms with Crippen molar-refractivity contribution in [2.45, 2.75) is 44.7 Å². The molecule has 0 bridgehead atoms. The maximum Gasteiger partial charge on any atom is 0.290 e. The molecule has 1 amide bonds. The number of rotatable bonds is 3. The largest absolute Gasteiger partial charge is 0.350 e. The molecule has 1 N–H and O–H groups in total. The number of aryl methyl sites for hydroxylation is 1. The van der Waals surface area contributed by atoms with Gasteiger partial charge in [-0.2, -0.15) is 0 Å². The molecule has 2 atom stereocenters. The predicted octanol–water partition coefficient (Wildman–Crippen LogP) is 3.01. The molecular formula is C19H23N3O2. The number of piperidine rings is 1. The molecule has 2 aliphatic heterocycles. The third-order valence-electron chi connectivity index (χ3n) is 5.25. The third kappa shape index (κ3) is 2.96. The third-order valence-corrected chi connectivity index (χ3v) is 5.25. The van der Waals surface area contributed by atoms with Crippen molar-refractivity contribution >= 4 is 5.91 Å². The normalized spacial score (nSPS) is 23.9. The molecule has 3 heterocycles. The lowest BCUT2D eigenvalue weighted by atomic mass is 9.99. The Morgan fingerprint density at radius 2 is 2.04 bits per heavy atom. The van der Waals surface area contributed by atoms with E-state index in [4.69, 9.17) is 4.52 Å². The fourth-order valence-electron chi connectivity index (χ4n) is 3.90. The van der Waals surface area contributed by atoms with Gasteiger partial charge in [0, 0.05) is 30.3 Å². The topological polar surface area (TPSA) is 58.4 Å². The Hall–Kier alpha value is -2.14. The molecule has 0 spiro atoms. The van der Waals surface area contributed by atoms with E-state index in [0.29, 0.717) is 17.5 Å². The van der Waals surface area contributed by atoms with E-state index in [1.165, 1.54) is 24.8 Å². The van der Waals surface area contributed by atoms with Crippen LogP contribution in [-0.4, -0.2) is 41.1 Å². The van der Waals surface area contributed by atoms with E-state index in [9.17, 15) is 4.79 Å². The lowest BCUT2D eigenvalue weighted by molar-refractivity contribution is 0.0878. The number of aromatic nitrogens is 1. The first kappa shape index (κ1) is 15.4. The summed E-state index contributed by atoms with van der Waals surface area (Å²) in [5, 5.41) is 7.20. The number of fused-ring (bicyclic) bond motifs is 1. The Morgan fingerprint density at radius 3 is 2.88 bits per heavy atom. The van der Waals surface area contributed by atoms with E-state index in [1.54, 1.807) is 6.07 Å². The summed E-state index contributed by atoms with van der Waals surface area (Å²) in [7, 11) is 0. The Morgan fingerprint density at radius 1 is 1.21 bits per heavy atom. The summed E-state index contributed by atoms with van der Waals surface area (Å²) < 4.78 is 5.28. The maximum atomic E-state index is 12.5. The Labute approximate surface area is 142 Å². The van der Waals surface area contributed by atoms with Gasteiger partial charge in [-0.05, 0) is 32.7 Å². The second kappa shape index (κ2) is 6.40. The van der Waals surface area contributed by atoms with Crippen molar-refractivity contribution in [1.82, 2.24) is 15.4 Å². The summed E-state index contributed by atoms with van der Waals surface area (Å²) in [5.74, 6) is 0.137. The molecule has 0 radical (unpaired) electrons. The van der Waals surface area contributed by atoms with Crippen LogP contribution < -0.4 is 5.32 Å². The van der Waals surface area contributed by atoms with Crippen molar-refractivity contribution in [3.8, 4) is 11.3 Å². The first-order valence-corrected chi connectivity index (χ1v) is 8.79. The van der Waals surface area contributed by atoms with Crippen LogP contribution in [0.1, 0.15) is 41.8 Å². The average molecular weight is 325 g/mol. The van der Waals surface area contributed by atoms with Crippen molar-refractivity contribution in [2.24, 2.45) is 0 Å². The molecule has 5 nitrogen and oxygen atoms in total. The summed E-state index contributed by atoms with van der Waals surface area (Å²) >= 11 is 0. The smallest absolute Gasteiger partial charge is 0.290 e. The zero-order valence-corrected chi connectivity index (χ0v) is 14.0. The van der Waals surface area contributed by atoms with Crippen LogP contribution in [0, 0.1) is 6.92 Å². The first-order valence-electron chi connectivity index (χ1n) is 8.79. The summed E-state index contributed by atoms with van der Waals surface area (Å²) in [4.78, 5) is 15.0. The SMILES string of the molecule is Cc1ccc(-c2cc(C(=O)N[C@H]3CCN4CCCC[C@H]34)on2)cc1. The average Bonchev–Trinajstić information content (AvgIpc) is 3.23. The van der Waals surface area contributed by atoms with Crippen LogP contribution in [0.3, 0.4) is 0 Å². The monoisotopic (exact) mass is 325 g/mol. The highest BCUT2D eigenvalue weighted by atomic mass is 16.5. The number of benzene rings is 1. The summed E-state index contributed by atoms with van der Waals surface area (Å²) in [6.45, 7) is 4.29. The van der Waals surface area contributed by atoms with Gasteiger partial charge in [-0.25, -0.2) is 0 Å². The van der Waals surface area contributed by atoms with E-state index in [0.717, 1.165) is 25.1 Å². The summed E-state index contributed by atoms with van der Waals surface area (Å²) in [6.07, 6.45) is 4.73. The van der Waals surface area contributed by atoms with E-state index in [2.05, 4.69) is 15.4 Å². The van der Waals surface area contributed by atoms with Gasteiger partial charge in [0.25, 0.3) is 5.91 Å². The van der Waals surface area contributed by atoms with Gasteiger partial charge in [0.05, 0.1) is 0 Å². The Bertz CT molecular complexity index is 722. The van der Waals surface area contributed by atoms with Gasteiger partial charge in [0.2, 0.25) is 5.76 Å². The van der Waals surface area contributed by atoms with Gasteiger partial charge in [-0.1, -0.05) is 41.4 Å². The zero-order valence-electron chi connectivity index (χ0n) is 14.0. The molecule has 1 aromatic carbocycles. The van der Waals surface area contributed by atoms with Crippen molar-refractivity contribution in [2.75, 3.05) is 13.1 Å². The van der Waals surface area contributed by atoms with Gasteiger partial charge < -0.3 is 9.84 Å². The quantitative estimate of drug-likeness (QED) is 0.942. The highest BCUT2D eigenvalue weighted by molar-refractivity contribution is 5.92. The van der Waals surface area contributed by atoms with Crippen molar-refractivity contribution in [3.05, 3.63) is 41.7 Å². The summed E-state index contributed by atoms with van der Waals surface area (Å²) in [6, 6.07) is 10.5. The van der Waals surface area contributed by atoms with Gasteiger partial charge >= 0.3 is 0 Å². The van der Waals surface area contributed by atoms with Crippen molar-refractivity contribution < 1.29 is 9.32 Å². The molecule has 4 rings (SSSR count). The van der Waals surface area contributed by atoms with E-state index in [-0.39, 0.29) is 11.9 Å². The van der Waals surface area contributed by atoms with Gasteiger partial charge in [-0.15, -0.1) is 0 Å². The molecule has 126 valence electrons. The fourth-order valence-corrected chi connectivity index (χ4v) is 3.90. The van der Waals surface area contributed by atoms with E-state index < -0.39 is 0 Å². The fraction of sp³-hybridized carbons (Fsp3) is 0.474. The number of nitrogens with zero attached hydrogens (tertiary/aromatic N) is 2. The van der Waals surface area contributed by atoms with Crippen LogP contribution in [0.5, 0.6) is 0 Å². The lowest BCUT2D eigenvalue weighted by Gasteiger charge is -2.32. The summed E-state index contributed by atoms with van der Waals surface area (Å²) in [5.41, 5.74) is 2.85. The van der Waals surface area contributed by atoms with Crippen molar-refractivity contribution in [1.29, 1.82) is 0 Å². The minimum atomic E-state index is -0.154. The second-order valence-corrected chi connectivity index (χ2v) is 6.91. The minimum Gasteiger partial charge on any atom is -0.350 e. The highest BCUT2D eigenvalue weighted by Crippen LogP contribution is 2.27. The first-order chi connectivity index (χ1) is 11.7. The molecule has 1 aromatic heterocycles. The molecule has 0 saturated carbocycles. The number of carbonyl (C=O) groups is 1. The molecule has 24 heavy (non-hydrogen) atoms. The Kier molecular flexibility index (Phi) is 4.10. The van der Waals surface area contributed by atoms with Gasteiger partial charge in [-0.3, -0.25) is 9.69 Å². The van der Waals surface area contributed by atoms with Crippen LogP contribution in [0.2, 0.25) is 0 Å². The molecule has 2 aliphatic rings. The molecule has 2 fully saturated rings. The molecular weight excluding hydrogens is 302 g/mol. The predicted molar refractivity (Wildman–Crippen MR) is 91.8 cm³/mol. The van der Waals surface area contributed by atoms with Crippen LogP contribution in [0.25, 0.3) is 11.3 Å². The van der Waals surface area contributed by atoms with Crippen LogP contribution in [0.15, 0.2) is 34.9 Å². The second-order valence-electron chi connectivity index (χ2n) is 6.91. The van der Waals surface area contributed by atoms with E-state index in [1.807, 2.05) is 31.2 Å². The van der Waals surface area contributed by atoms with E-state index >= 15 is 0 Å². The van der Waals surface area contributed by atoms with Gasteiger partial charge in [0.1, 0.15) is 5.69 Å². The minimum absolute atomic E-state index is 0.154. The zero-order chi connectivity index (χ0) is 16.5. The molecule has 0 aliphatic carbocycles. The molecule has 2 saturated heterocycles. The van der Waals surface area contributed by atoms with Crippen LogP contribution >= 0.6 is 0 Å². The standard InChI is InChI=1S/C19H23N3O2/c1-13-5-7-14(8-6-13)16-12-18(24-21-16)19(23)20-15-9-11-22-10-3-2-4-17(15)22/h5-8,12,15,17H,2-4,9-11H2,1H3,(H,20,23)/t15-,17+/m0/s1. The number of amides is 1. The number of nitrogens with one attached hydrogen (secondary N) is 1. The molecule has 0 unspecified atom stereocenters. The number of carbonyl (C=O) groups excluding carboxylic acids is 1. The van der Waals surface area contributed by atoms with Gasteiger partial charge in [0.15, 0.2) is 0 Å². The number of hydrogen-bond donors (Lipinski definition) is 1. The molecule has 2 aromatic rings. The molecule has 5 heteroatoms. The maximum absolute atomic E-state index is 12.5. The Balaban J connectivity index is 1.44.